The summed E-state index contributed by atoms with van der Waals surface area (Å²) in [5.41, 5.74) is 0.750. The Balaban J connectivity index is 2.28. The predicted octanol–water partition coefficient (Wildman–Crippen LogP) is 2.40. The molecule has 14 heavy (non-hydrogen) atoms. The molecule has 1 N–H and O–H groups in total. The first-order valence-corrected chi connectivity index (χ1v) is 5.07. The molecule has 1 aliphatic heterocycles. The van der Waals surface area contributed by atoms with Gasteiger partial charge in [-0.2, -0.15) is 0 Å². The van der Waals surface area contributed by atoms with E-state index in [0.29, 0.717) is 0 Å². The van der Waals surface area contributed by atoms with E-state index in [0.717, 1.165) is 24.2 Å². The average Bonchev–Trinajstić information content (AvgIpc) is 2.00. The van der Waals surface area contributed by atoms with Gasteiger partial charge < -0.3 is 5.32 Å². The van der Waals surface area contributed by atoms with Gasteiger partial charge in [-0.3, -0.25) is 0 Å². The monoisotopic (exact) mass is 193 g/mol. The average molecular weight is 193 g/mol. The fraction of sp³-hybridized carbons (Fsp3) is 0.500. The van der Waals surface area contributed by atoms with E-state index in [-0.39, 0.29) is 5.92 Å². The third-order valence-electron chi connectivity index (χ3n) is 3.13. The maximum atomic E-state index is 14.4. The number of aryl methyl sites for hydroxylation is 1. The van der Waals surface area contributed by atoms with E-state index in [1.807, 2.05) is 31.2 Å². The van der Waals surface area contributed by atoms with E-state index in [2.05, 4.69) is 5.32 Å². The molecule has 1 heterocycles. The summed E-state index contributed by atoms with van der Waals surface area (Å²) in [5.74, 6) is 0.129. The first-order valence-electron chi connectivity index (χ1n) is 5.07. The lowest BCUT2D eigenvalue weighted by Gasteiger charge is -2.38. The van der Waals surface area contributed by atoms with Crippen molar-refractivity contribution in [2.45, 2.75) is 19.5 Å². The summed E-state index contributed by atoms with van der Waals surface area (Å²) in [6.07, 6.45) is 0. The Hall–Kier alpha value is -0.890. The summed E-state index contributed by atoms with van der Waals surface area (Å²) >= 11 is 0. The molecular weight excluding hydrogens is 177 g/mol. The van der Waals surface area contributed by atoms with Crippen molar-refractivity contribution in [2.75, 3.05) is 13.1 Å². The first-order chi connectivity index (χ1) is 6.60. The second-order valence-electron chi connectivity index (χ2n) is 4.30. The van der Waals surface area contributed by atoms with Crippen molar-refractivity contribution in [3.63, 3.8) is 0 Å². The van der Waals surface area contributed by atoms with Crippen molar-refractivity contribution in [1.82, 2.24) is 5.32 Å². The molecule has 1 aromatic rings. The molecule has 1 unspecified atom stereocenters. The highest BCUT2D eigenvalue weighted by molar-refractivity contribution is 5.28. The van der Waals surface area contributed by atoms with Crippen LogP contribution in [0, 0.1) is 12.8 Å². The maximum absolute atomic E-state index is 14.4. The standard InChI is InChI=1S/C12H16FN/c1-9-4-3-5-10(6-9)12(2,13)11-7-14-8-11/h3-6,11,14H,7-8H2,1-2H3. The Morgan fingerprint density at radius 1 is 1.43 bits per heavy atom. The number of alkyl halides is 1. The highest BCUT2D eigenvalue weighted by atomic mass is 19.1. The van der Waals surface area contributed by atoms with Crippen LogP contribution in [-0.4, -0.2) is 13.1 Å². The third-order valence-corrected chi connectivity index (χ3v) is 3.13. The maximum Gasteiger partial charge on any atom is 0.138 e. The van der Waals surface area contributed by atoms with Crippen molar-refractivity contribution in [2.24, 2.45) is 5.92 Å². The molecule has 1 fully saturated rings. The number of hydrogen-bond donors (Lipinski definition) is 1. The Bertz CT molecular complexity index is 329. The van der Waals surface area contributed by atoms with Crippen LogP contribution in [0.4, 0.5) is 4.39 Å². The van der Waals surface area contributed by atoms with Crippen LogP contribution in [0.15, 0.2) is 24.3 Å². The van der Waals surface area contributed by atoms with Gasteiger partial charge in [-0.15, -0.1) is 0 Å². The van der Waals surface area contributed by atoms with Crippen molar-refractivity contribution in [3.8, 4) is 0 Å². The molecule has 0 aliphatic carbocycles. The summed E-state index contributed by atoms with van der Waals surface area (Å²) in [7, 11) is 0. The minimum atomic E-state index is -1.18. The van der Waals surface area contributed by atoms with Gasteiger partial charge in [0.2, 0.25) is 0 Å². The van der Waals surface area contributed by atoms with Crippen LogP contribution in [-0.2, 0) is 5.67 Å². The van der Waals surface area contributed by atoms with Gasteiger partial charge in [0.15, 0.2) is 0 Å². The molecule has 2 heteroatoms. The zero-order valence-electron chi connectivity index (χ0n) is 8.68. The molecule has 0 amide bonds. The first kappa shape index (κ1) is 9.66. The molecule has 1 aromatic carbocycles. The largest absolute Gasteiger partial charge is 0.316 e. The van der Waals surface area contributed by atoms with Crippen LogP contribution < -0.4 is 5.32 Å². The highest BCUT2D eigenvalue weighted by Crippen LogP contribution is 2.36. The summed E-state index contributed by atoms with van der Waals surface area (Å²) in [6.45, 7) is 5.27. The lowest BCUT2D eigenvalue weighted by Crippen LogP contribution is -2.51. The smallest absolute Gasteiger partial charge is 0.138 e. The van der Waals surface area contributed by atoms with Crippen molar-refractivity contribution >= 4 is 0 Å². The van der Waals surface area contributed by atoms with Crippen LogP contribution in [0.2, 0.25) is 0 Å². The van der Waals surface area contributed by atoms with Gasteiger partial charge in [0.1, 0.15) is 5.67 Å². The molecule has 0 spiro atoms. The van der Waals surface area contributed by atoms with Gasteiger partial charge >= 0.3 is 0 Å². The minimum absolute atomic E-state index is 0.129. The van der Waals surface area contributed by atoms with E-state index in [1.54, 1.807) is 6.92 Å². The summed E-state index contributed by atoms with van der Waals surface area (Å²) in [5, 5.41) is 3.11. The second-order valence-corrected chi connectivity index (χ2v) is 4.30. The van der Waals surface area contributed by atoms with Gasteiger partial charge in [0.25, 0.3) is 0 Å². The summed E-state index contributed by atoms with van der Waals surface area (Å²) in [6, 6.07) is 7.75. The number of halogens is 1. The van der Waals surface area contributed by atoms with Crippen LogP contribution in [0.3, 0.4) is 0 Å². The second kappa shape index (κ2) is 3.35. The lowest BCUT2D eigenvalue weighted by atomic mass is 9.80. The van der Waals surface area contributed by atoms with Gasteiger partial charge in [-0.25, -0.2) is 4.39 Å². The quantitative estimate of drug-likeness (QED) is 0.760. The lowest BCUT2D eigenvalue weighted by molar-refractivity contribution is 0.0631. The Kier molecular flexibility index (Phi) is 2.31. The molecule has 0 aromatic heterocycles. The third kappa shape index (κ3) is 1.55. The van der Waals surface area contributed by atoms with Crippen molar-refractivity contribution in [1.29, 1.82) is 0 Å². The zero-order chi connectivity index (χ0) is 10.2. The number of nitrogens with one attached hydrogen (secondary N) is 1. The molecule has 76 valence electrons. The molecule has 1 atom stereocenters. The fourth-order valence-corrected chi connectivity index (χ4v) is 1.86. The molecule has 1 aliphatic rings. The van der Waals surface area contributed by atoms with Gasteiger partial charge in [0.05, 0.1) is 0 Å². The van der Waals surface area contributed by atoms with E-state index < -0.39 is 5.67 Å². The van der Waals surface area contributed by atoms with Crippen LogP contribution in [0.1, 0.15) is 18.1 Å². The topological polar surface area (TPSA) is 12.0 Å². The predicted molar refractivity (Wildman–Crippen MR) is 56.0 cm³/mol. The Labute approximate surface area is 84.3 Å². The number of benzene rings is 1. The molecular formula is C12H16FN. The fourth-order valence-electron chi connectivity index (χ4n) is 1.86. The van der Waals surface area contributed by atoms with Crippen LogP contribution in [0.25, 0.3) is 0 Å². The molecule has 2 rings (SSSR count). The summed E-state index contributed by atoms with van der Waals surface area (Å²) in [4.78, 5) is 0. The number of hydrogen-bond acceptors (Lipinski definition) is 1. The van der Waals surface area contributed by atoms with Crippen molar-refractivity contribution in [3.05, 3.63) is 35.4 Å². The Morgan fingerprint density at radius 2 is 2.14 bits per heavy atom. The van der Waals surface area contributed by atoms with Gasteiger partial charge in [0, 0.05) is 19.0 Å². The minimum Gasteiger partial charge on any atom is -0.316 e. The molecule has 0 radical (unpaired) electrons. The van der Waals surface area contributed by atoms with E-state index in [9.17, 15) is 4.39 Å². The van der Waals surface area contributed by atoms with Gasteiger partial charge in [-0.1, -0.05) is 29.8 Å². The molecule has 0 bridgehead atoms. The van der Waals surface area contributed by atoms with E-state index >= 15 is 0 Å². The molecule has 0 saturated carbocycles. The van der Waals surface area contributed by atoms with Crippen LogP contribution >= 0.6 is 0 Å². The zero-order valence-corrected chi connectivity index (χ0v) is 8.68. The Morgan fingerprint density at radius 3 is 2.64 bits per heavy atom. The molecule has 1 saturated heterocycles. The van der Waals surface area contributed by atoms with Crippen LogP contribution in [0.5, 0.6) is 0 Å². The normalized spacial score (nSPS) is 21.4. The van der Waals surface area contributed by atoms with Gasteiger partial charge in [-0.05, 0) is 19.4 Å². The van der Waals surface area contributed by atoms with E-state index in [1.165, 1.54) is 0 Å². The van der Waals surface area contributed by atoms with Crippen molar-refractivity contribution < 1.29 is 4.39 Å². The summed E-state index contributed by atoms with van der Waals surface area (Å²) < 4.78 is 14.4. The number of rotatable bonds is 2. The SMILES string of the molecule is Cc1cccc(C(C)(F)C2CNC2)c1. The molecule has 1 nitrogen and oxygen atoms in total. The van der Waals surface area contributed by atoms with E-state index in [4.69, 9.17) is 0 Å². The highest BCUT2D eigenvalue weighted by Gasteiger charge is 2.39.